The molecule has 3 atom stereocenters. The van der Waals surface area contributed by atoms with E-state index in [9.17, 15) is 0 Å². The molecule has 2 N–H and O–H groups in total. The Kier molecular flexibility index (Phi) is 3.69. The number of hydrogen-bond acceptors (Lipinski definition) is 3. The number of fused-ring (bicyclic) bond motifs is 2. The summed E-state index contributed by atoms with van der Waals surface area (Å²) in [7, 11) is 0. The van der Waals surface area contributed by atoms with E-state index in [4.69, 9.17) is 5.73 Å². The fourth-order valence-corrected chi connectivity index (χ4v) is 4.22. The minimum absolute atomic E-state index is 0.881. The number of rotatable bonds is 3. The predicted octanol–water partition coefficient (Wildman–Crippen LogP) is 1.14. The summed E-state index contributed by atoms with van der Waals surface area (Å²) >= 11 is 0. The van der Waals surface area contributed by atoms with Crippen LogP contribution >= 0.6 is 0 Å². The van der Waals surface area contributed by atoms with Crippen LogP contribution in [0.15, 0.2) is 0 Å². The van der Waals surface area contributed by atoms with Gasteiger partial charge in [-0.25, -0.2) is 0 Å². The van der Waals surface area contributed by atoms with Gasteiger partial charge in [-0.15, -0.1) is 0 Å². The van der Waals surface area contributed by atoms with Gasteiger partial charge in [-0.3, -0.25) is 4.90 Å². The fraction of sp³-hybridized carbons (Fsp3) is 1.00. The molecule has 0 aromatic heterocycles. The first-order chi connectivity index (χ1) is 8.36. The lowest BCUT2D eigenvalue weighted by molar-refractivity contribution is 0.0665. The highest BCUT2D eigenvalue weighted by Gasteiger charge is 2.38. The second-order valence-corrected chi connectivity index (χ2v) is 6.26. The van der Waals surface area contributed by atoms with E-state index in [-0.39, 0.29) is 0 Å². The number of likely N-dealkylation sites (tertiary alicyclic amines) is 1. The maximum atomic E-state index is 5.67. The summed E-state index contributed by atoms with van der Waals surface area (Å²) in [6.45, 7) is 7.66. The van der Waals surface area contributed by atoms with Crippen molar-refractivity contribution in [2.45, 2.75) is 38.1 Å². The lowest BCUT2D eigenvalue weighted by atomic mass is 9.88. The van der Waals surface area contributed by atoms with Crippen molar-refractivity contribution in [1.82, 2.24) is 9.80 Å². The maximum Gasteiger partial charge on any atom is 0.0148 e. The molecular weight excluding hydrogens is 210 g/mol. The van der Waals surface area contributed by atoms with Crippen molar-refractivity contribution in [3.63, 3.8) is 0 Å². The fourth-order valence-electron chi connectivity index (χ4n) is 4.22. The van der Waals surface area contributed by atoms with E-state index in [1.165, 1.54) is 64.8 Å². The van der Waals surface area contributed by atoms with E-state index in [0.717, 1.165) is 24.4 Å². The zero-order chi connectivity index (χ0) is 11.7. The lowest BCUT2D eigenvalue weighted by Gasteiger charge is -2.42. The van der Waals surface area contributed by atoms with Crippen LogP contribution in [0.25, 0.3) is 0 Å². The van der Waals surface area contributed by atoms with E-state index in [2.05, 4.69) is 9.80 Å². The first-order valence-electron chi connectivity index (χ1n) is 7.53. The van der Waals surface area contributed by atoms with Crippen molar-refractivity contribution < 1.29 is 0 Å². The average Bonchev–Trinajstić information content (AvgIpc) is 2.73. The quantitative estimate of drug-likeness (QED) is 0.799. The summed E-state index contributed by atoms with van der Waals surface area (Å²) in [5, 5.41) is 0. The Morgan fingerprint density at radius 3 is 2.47 bits per heavy atom. The van der Waals surface area contributed by atoms with Crippen LogP contribution < -0.4 is 5.73 Å². The smallest absolute Gasteiger partial charge is 0.0148 e. The van der Waals surface area contributed by atoms with Crippen molar-refractivity contribution in [2.24, 2.45) is 17.6 Å². The second-order valence-electron chi connectivity index (χ2n) is 6.26. The van der Waals surface area contributed by atoms with E-state index >= 15 is 0 Å². The summed E-state index contributed by atoms with van der Waals surface area (Å²) in [5.41, 5.74) is 5.67. The van der Waals surface area contributed by atoms with Gasteiger partial charge in [0.2, 0.25) is 0 Å². The number of nitrogens with two attached hydrogens (primary N) is 1. The van der Waals surface area contributed by atoms with Crippen molar-refractivity contribution in [2.75, 3.05) is 39.3 Å². The minimum Gasteiger partial charge on any atom is -0.330 e. The molecule has 98 valence electrons. The lowest BCUT2D eigenvalue weighted by Crippen LogP contribution is -2.49. The minimum atomic E-state index is 0.881. The molecule has 0 spiro atoms. The highest BCUT2D eigenvalue weighted by atomic mass is 15.2. The van der Waals surface area contributed by atoms with Crippen LogP contribution in [-0.2, 0) is 0 Å². The Labute approximate surface area is 105 Å². The van der Waals surface area contributed by atoms with Crippen molar-refractivity contribution >= 4 is 0 Å². The molecule has 3 unspecified atom stereocenters. The Hall–Kier alpha value is -0.120. The normalized spacial score (nSPS) is 39.7. The summed E-state index contributed by atoms with van der Waals surface area (Å²) in [6, 6.07) is 0.910. The SMILES string of the molecule is NCCC1CCN(C2CCN3CCC2C3)CC1. The predicted molar refractivity (Wildman–Crippen MR) is 70.9 cm³/mol. The molecule has 3 aliphatic rings. The van der Waals surface area contributed by atoms with Crippen molar-refractivity contribution in [1.29, 1.82) is 0 Å². The zero-order valence-corrected chi connectivity index (χ0v) is 11.0. The molecule has 0 aromatic carbocycles. The number of hydrogen-bond donors (Lipinski definition) is 1. The molecule has 3 fully saturated rings. The monoisotopic (exact) mass is 237 g/mol. The third-order valence-corrected chi connectivity index (χ3v) is 5.29. The van der Waals surface area contributed by atoms with Crippen molar-refractivity contribution in [3.8, 4) is 0 Å². The molecule has 3 heterocycles. The topological polar surface area (TPSA) is 32.5 Å². The highest BCUT2D eigenvalue weighted by Crippen LogP contribution is 2.33. The van der Waals surface area contributed by atoms with Gasteiger partial charge in [-0.2, -0.15) is 0 Å². The third-order valence-electron chi connectivity index (χ3n) is 5.29. The molecule has 2 bridgehead atoms. The Morgan fingerprint density at radius 2 is 1.71 bits per heavy atom. The molecule has 0 aromatic rings. The average molecular weight is 237 g/mol. The standard InChI is InChI=1S/C14H27N3/c15-6-1-12-2-9-17(10-3-12)14-5-8-16-7-4-13(14)11-16/h12-14H,1-11,15H2. The molecule has 3 nitrogen and oxygen atoms in total. The Morgan fingerprint density at radius 1 is 0.941 bits per heavy atom. The second kappa shape index (κ2) is 5.25. The van der Waals surface area contributed by atoms with Gasteiger partial charge in [0.05, 0.1) is 0 Å². The van der Waals surface area contributed by atoms with Crippen molar-refractivity contribution in [3.05, 3.63) is 0 Å². The first kappa shape index (κ1) is 11.9. The summed E-state index contributed by atoms with van der Waals surface area (Å²) < 4.78 is 0. The summed E-state index contributed by atoms with van der Waals surface area (Å²) in [5.74, 6) is 1.90. The zero-order valence-electron chi connectivity index (χ0n) is 11.0. The summed E-state index contributed by atoms with van der Waals surface area (Å²) in [4.78, 5) is 5.46. The molecular formula is C14H27N3. The largest absolute Gasteiger partial charge is 0.330 e. The molecule has 3 heteroatoms. The van der Waals surface area contributed by atoms with Gasteiger partial charge in [-0.1, -0.05) is 0 Å². The van der Waals surface area contributed by atoms with Gasteiger partial charge in [0.25, 0.3) is 0 Å². The Balaban J connectivity index is 1.52. The molecule has 17 heavy (non-hydrogen) atoms. The van der Waals surface area contributed by atoms with E-state index in [0.29, 0.717) is 0 Å². The van der Waals surface area contributed by atoms with Crippen LogP contribution in [0.4, 0.5) is 0 Å². The molecule has 3 rings (SSSR count). The molecule has 0 saturated carbocycles. The number of piperidine rings is 2. The summed E-state index contributed by atoms with van der Waals surface area (Å²) in [6.07, 6.45) is 6.91. The van der Waals surface area contributed by atoms with Crippen LogP contribution in [0.1, 0.15) is 32.1 Å². The van der Waals surface area contributed by atoms with Crippen LogP contribution in [0.2, 0.25) is 0 Å². The van der Waals surface area contributed by atoms with E-state index in [1.54, 1.807) is 0 Å². The van der Waals surface area contributed by atoms with Gasteiger partial charge >= 0.3 is 0 Å². The van der Waals surface area contributed by atoms with Gasteiger partial charge in [0, 0.05) is 12.6 Å². The van der Waals surface area contributed by atoms with Gasteiger partial charge < -0.3 is 10.6 Å². The molecule has 3 aliphatic heterocycles. The molecule has 3 saturated heterocycles. The van der Waals surface area contributed by atoms with Gasteiger partial charge in [0.1, 0.15) is 0 Å². The van der Waals surface area contributed by atoms with Crippen LogP contribution in [0, 0.1) is 11.8 Å². The maximum absolute atomic E-state index is 5.67. The van der Waals surface area contributed by atoms with E-state index in [1.807, 2.05) is 0 Å². The van der Waals surface area contributed by atoms with Crippen LogP contribution in [0.3, 0.4) is 0 Å². The van der Waals surface area contributed by atoms with E-state index < -0.39 is 0 Å². The van der Waals surface area contributed by atoms with Gasteiger partial charge in [-0.05, 0) is 76.7 Å². The van der Waals surface area contributed by atoms with Gasteiger partial charge in [0.15, 0.2) is 0 Å². The Bertz CT molecular complexity index is 248. The first-order valence-corrected chi connectivity index (χ1v) is 7.53. The molecule has 0 amide bonds. The van der Waals surface area contributed by atoms with Crippen LogP contribution in [-0.4, -0.2) is 55.1 Å². The third kappa shape index (κ3) is 2.51. The molecule has 0 radical (unpaired) electrons. The molecule has 0 aliphatic carbocycles. The highest BCUT2D eigenvalue weighted by molar-refractivity contribution is 4.93. The van der Waals surface area contributed by atoms with Crippen LogP contribution in [0.5, 0.6) is 0 Å². The number of nitrogens with zero attached hydrogens (tertiary/aromatic N) is 2.